The third-order valence-corrected chi connectivity index (χ3v) is 3.90. The molecule has 2 unspecified atom stereocenters. The summed E-state index contributed by atoms with van der Waals surface area (Å²) in [6.45, 7) is 7.04. The molecule has 2 nitrogen and oxygen atoms in total. The van der Waals surface area contributed by atoms with E-state index in [1.807, 2.05) is 0 Å². The molecule has 1 aliphatic carbocycles. The summed E-state index contributed by atoms with van der Waals surface area (Å²) in [7, 11) is 0. The van der Waals surface area contributed by atoms with Crippen LogP contribution in [-0.2, 0) is 4.79 Å². The highest BCUT2D eigenvalue weighted by atomic mass is 16.1. The van der Waals surface area contributed by atoms with E-state index in [0.717, 1.165) is 31.1 Å². The molecule has 0 radical (unpaired) electrons. The van der Waals surface area contributed by atoms with Gasteiger partial charge in [0.2, 0.25) is 0 Å². The fourth-order valence-corrected chi connectivity index (χ4v) is 2.86. The Morgan fingerprint density at radius 3 is 2.57 bits per heavy atom. The second kappa shape index (κ2) is 4.01. The van der Waals surface area contributed by atoms with Gasteiger partial charge in [0, 0.05) is 18.9 Å². The lowest BCUT2D eigenvalue weighted by atomic mass is 9.76. The van der Waals surface area contributed by atoms with Crippen molar-refractivity contribution in [2.75, 3.05) is 13.1 Å². The number of ketones is 1. The number of hydrogen-bond acceptors (Lipinski definition) is 2. The van der Waals surface area contributed by atoms with E-state index in [4.69, 9.17) is 0 Å². The maximum atomic E-state index is 11.5. The second-order valence-corrected chi connectivity index (χ2v) is 5.15. The monoisotopic (exact) mass is 195 g/mol. The van der Waals surface area contributed by atoms with Gasteiger partial charge in [-0.2, -0.15) is 0 Å². The fraction of sp³-hybridized carbons (Fsp3) is 0.917. The lowest BCUT2D eigenvalue weighted by molar-refractivity contribution is -0.124. The highest BCUT2D eigenvalue weighted by Gasteiger charge is 2.36. The molecule has 0 bridgehead atoms. The molecule has 2 heteroatoms. The van der Waals surface area contributed by atoms with Gasteiger partial charge in [0.1, 0.15) is 5.78 Å². The highest BCUT2D eigenvalue weighted by Crippen LogP contribution is 2.33. The van der Waals surface area contributed by atoms with Crippen LogP contribution in [0.4, 0.5) is 0 Å². The summed E-state index contributed by atoms with van der Waals surface area (Å²) in [5, 5.41) is 0. The quantitative estimate of drug-likeness (QED) is 0.672. The Hall–Kier alpha value is -0.370. The van der Waals surface area contributed by atoms with Gasteiger partial charge in [0.15, 0.2) is 0 Å². The van der Waals surface area contributed by atoms with Gasteiger partial charge in [0.25, 0.3) is 0 Å². The minimum atomic E-state index is 0.485. The molecule has 2 rings (SSSR count). The van der Waals surface area contributed by atoms with Gasteiger partial charge in [-0.3, -0.25) is 9.69 Å². The molecule has 2 aliphatic rings. The van der Waals surface area contributed by atoms with Crippen molar-refractivity contribution in [3.8, 4) is 0 Å². The Labute approximate surface area is 86.7 Å². The summed E-state index contributed by atoms with van der Waals surface area (Å²) < 4.78 is 0. The van der Waals surface area contributed by atoms with Gasteiger partial charge in [-0.1, -0.05) is 13.8 Å². The van der Waals surface area contributed by atoms with Crippen LogP contribution in [0.5, 0.6) is 0 Å². The van der Waals surface area contributed by atoms with Crippen molar-refractivity contribution in [2.45, 2.75) is 45.6 Å². The SMILES string of the molecule is CC(C)C1CCC(=O)CC1N1CCC1. The molecule has 80 valence electrons. The number of likely N-dealkylation sites (tertiary alicyclic amines) is 1. The minimum Gasteiger partial charge on any atom is -0.300 e. The van der Waals surface area contributed by atoms with Gasteiger partial charge in [0.05, 0.1) is 0 Å². The topological polar surface area (TPSA) is 20.3 Å². The number of carbonyl (C=O) groups excluding carboxylic acids is 1. The number of hydrogen-bond donors (Lipinski definition) is 0. The van der Waals surface area contributed by atoms with E-state index in [0.29, 0.717) is 11.8 Å². The zero-order valence-corrected chi connectivity index (χ0v) is 9.33. The molecular formula is C12H21NO. The van der Waals surface area contributed by atoms with Crippen LogP contribution in [-0.4, -0.2) is 29.8 Å². The van der Waals surface area contributed by atoms with Gasteiger partial charge in [-0.05, 0) is 37.8 Å². The third kappa shape index (κ3) is 1.85. The first-order chi connectivity index (χ1) is 6.68. The van der Waals surface area contributed by atoms with E-state index < -0.39 is 0 Å². The average molecular weight is 195 g/mol. The van der Waals surface area contributed by atoms with Crippen LogP contribution < -0.4 is 0 Å². The summed E-state index contributed by atoms with van der Waals surface area (Å²) in [6.07, 6.45) is 4.10. The molecule has 2 atom stereocenters. The van der Waals surface area contributed by atoms with E-state index in [1.54, 1.807) is 0 Å². The number of carbonyl (C=O) groups is 1. The van der Waals surface area contributed by atoms with Gasteiger partial charge in [-0.25, -0.2) is 0 Å². The van der Waals surface area contributed by atoms with Crippen LogP contribution >= 0.6 is 0 Å². The lowest BCUT2D eigenvalue weighted by Crippen LogP contribution is -2.52. The molecule has 1 saturated heterocycles. The Bertz CT molecular complexity index is 220. The summed E-state index contributed by atoms with van der Waals surface area (Å²) >= 11 is 0. The second-order valence-electron chi connectivity index (χ2n) is 5.15. The number of rotatable bonds is 2. The van der Waals surface area contributed by atoms with E-state index in [9.17, 15) is 4.79 Å². The number of nitrogens with zero attached hydrogens (tertiary/aromatic N) is 1. The lowest BCUT2D eigenvalue weighted by Gasteiger charge is -2.45. The predicted molar refractivity (Wildman–Crippen MR) is 57.2 cm³/mol. The molecule has 1 aliphatic heterocycles. The predicted octanol–water partition coefficient (Wildman–Crippen LogP) is 2.09. The first-order valence-electron chi connectivity index (χ1n) is 5.94. The smallest absolute Gasteiger partial charge is 0.134 e. The molecule has 0 spiro atoms. The van der Waals surface area contributed by atoms with Crippen molar-refractivity contribution in [2.24, 2.45) is 11.8 Å². The van der Waals surface area contributed by atoms with Crippen LogP contribution in [0.3, 0.4) is 0 Å². The summed E-state index contributed by atoms with van der Waals surface area (Å²) in [6, 6.07) is 0.574. The zero-order valence-electron chi connectivity index (χ0n) is 9.33. The van der Waals surface area contributed by atoms with Crippen LogP contribution in [0.1, 0.15) is 39.5 Å². The standard InChI is InChI=1S/C12H21NO/c1-9(2)11-5-4-10(14)8-12(11)13-6-3-7-13/h9,11-12H,3-8H2,1-2H3. The molecule has 0 aromatic heterocycles. The van der Waals surface area contributed by atoms with E-state index in [2.05, 4.69) is 18.7 Å². The summed E-state index contributed by atoms with van der Waals surface area (Å²) in [5.41, 5.74) is 0. The molecule has 1 heterocycles. The summed E-state index contributed by atoms with van der Waals surface area (Å²) in [4.78, 5) is 14.0. The Balaban J connectivity index is 2.02. The first kappa shape index (κ1) is 10.2. The Kier molecular flexibility index (Phi) is 2.91. The fourth-order valence-electron chi connectivity index (χ4n) is 2.86. The minimum absolute atomic E-state index is 0.485. The van der Waals surface area contributed by atoms with Gasteiger partial charge in [-0.15, -0.1) is 0 Å². The van der Waals surface area contributed by atoms with E-state index in [1.165, 1.54) is 19.5 Å². The van der Waals surface area contributed by atoms with Crippen molar-refractivity contribution < 1.29 is 4.79 Å². The molecule has 14 heavy (non-hydrogen) atoms. The maximum absolute atomic E-state index is 11.5. The largest absolute Gasteiger partial charge is 0.300 e. The van der Waals surface area contributed by atoms with Crippen LogP contribution in [0.25, 0.3) is 0 Å². The molecule has 0 N–H and O–H groups in total. The first-order valence-corrected chi connectivity index (χ1v) is 5.94. The number of Topliss-reactive ketones (excluding diaryl/α,β-unsaturated/α-hetero) is 1. The third-order valence-electron chi connectivity index (χ3n) is 3.90. The van der Waals surface area contributed by atoms with Crippen LogP contribution in [0.2, 0.25) is 0 Å². The molecule has 0 aromatic carbocycles. The van der Waals surface area contributed by atoms with Crippen molar-refractivity contribution in [3.63, 3.8) is 0 Å². The van der Waals surface area contributed by atoms with E-state index >= 15 is 0 Å². The van der Waals surface area contributed by atoms with Crippen LogP contribution in [0.15, 0.2) is 0 Å². The van der Waals surface area contributed by atoms with Crippen molar-refractivity contribution in [3.05, 3.63) is 0 Å². The van der Waals surface area contributed by atoms with Crippen molar-refractivity contribution >= 4 is 5.78 Å². The molecule has 2 fully saturated rings. The summed E-state index contributed by atoms with van der Waals surface area (Å²) in [5.74, 6) is 1.97. The normalized spacial score (nSPS) is 34.6. The zero-order chi connectivity index (χ0) is 10.1. The molecule has 1 saturated carbocycles. The molecule has 0 amide bonds. The van der Waals surface area contributed by atoms with Crippen LogP contribution in [0, 0.1) is 11.8 Å². The Morgan fingerprint density at radius 2 is 2.07 bits per heavy atom. The van der Waals surface area contributed by atoms with Crippen molar-refractivity contribution in [1.29, 1.82) is 0 Å². The Morgan fingerprint density at radius 1 is 1.36 bits per heavy atom. The van der Waals surface area contributed by atoms with Gasteiger partial charge >= 0.3 is 0 Å². The molecular weight excluding hydrogens is 174 g/mol. The highest BCUT2D eigenvalue weighted by molar-refractivity contribution is 5.79. The average Bonchev–Trinajstić information content (AvgIpc) is 2.00. The van der Waals surface area contributed by atoms with Crippen molar-refractivity contribution in [1.82, 2.24) is 4.90 Å². The van der Waals surface area contributed by atoms with Gasteiger partial charge < -0.3 is 0 Å². The van der Waals surface area contributed by atoms with E-state index in [-0.39, 0.29) is 0 Å². The maximum Gasteiger partial charge on any atom is 0.134 e. The molecule has 0 aromatic rings.